The molecule has 1 aromatic rings. The average Bonchev–Trinajstić information content (AvgIpc) is 2.68. The van der Waals surface area contributed by atoms with E-state index in [-0.39, 0.29) is 12.3 Å². The standard InChI is InChI=1S/C24H32N2O5/c1-16(2)20-19(17-12-9-8-10-13-17)25-24(6,15-11-14-18(27)30-7)21(28)26(20)22(29)31-23(3,4)5/h8-14,16,20H,15H2,1-7H3/b14-11+/t20-,24+/m1/s1. The highest BCUT2D eigenvalue weighted by Gasteiger charge is 2.49. The fourth-order valence-electron chi connectivity index (χ4n) is 3.44. The maximum atomic E-state index is 13.6. The number of carbonyl (C=O) groups is 3. The normalized spacial score (nSPS) is 21.9. The van der Waals surface area contributed by atoms with Crippen LogP contribution in [-0.2, 0) is 19.1 Å². The van der Waals surface area contributed by atoms with Crippen LogP contribution in [0.25, 0.3) is 0 Å². The Labute approximate surface area is 184 Å². The van der Waals surface area contributed by atoms with Crippen molar-refractivity contribution in [3.63, 3.8) is 0 Å². The third kappa shape index (κ3) is 5.81. The van der Waals surface area contributed by atoms with Gasteiger partial charge in [-0.05, 0) is 45.6 Å². The first-order chi connectivity index (χ1) is 14.4. The zero-order valence-electron chi connectivity index (χ0n) is 19.3. The molecule has 7 nitrogen and oxygen atoms in total. The summed E-state index contributed by atoms with van der Waals surface area (Å²) < 4.78 is 10.2. The third-order valence-electron chi connectivity index (χ3n) is 4.87. The average molecular weight is 429 g/mol. The molecule has 2 atom stereocenters. The van der Waals surface area contributed by atoms with Gasteiger partial charge in [0.25, 0.3) is 5.91 Å². The molecule has 0 radical (unpaired) electrons. The van der Waals surface area contributed by atoms with Crippen molar-refractivity contribution in [1.29, 1.82) is 0 Å². The molecule has 2 amide bonds. The SMILES string of the molecule is COC(=O)/C=C/C[C@]1(C)N=C(c2ccccc2)[C@@H](C(C)C)N(C(=O)OC(C)(C)C)C1=O. The van der Waals surface area contributed by atoms with Crippen molar-refractivity contribution in [2.45, 2.75) is 65.1 Å². The van der Waals surface area contributed by atoms with Crippen molar-refractivity contribution in [1.82, 2.24) is 4.90 Å². The van der Waals surface area contributed by atoms with Crippen molar-refractivity contribution in [3.8, 4) is 0 Å². The van der Waals surface area contributed by atoms with Gasteiger partial charge in [-0.2, -0.15) is 0 Å². The summed E-state index contributed by atoms with van der Waals surface area (Å²) in [5, 5.41) is 0. The van der Waals surface area contributed by atoms with Gasteiger partial charge in [-0.3, -0.25) is 9.79 Å². The van der Waals surface area contributed by atoms with Crippen molar-refractivity contribution in [2.75, 3.05) is 7.11 Å². The summed E-state index contributed by atoms with van der Waals surface area (Å²) in [6, 6.07) is 8.90. The number of imide groups is 1. The molecule has 168 valence electrons. The Balaban J connectivity index is 2.61. The summed E-state index contributed by atoms with van der Waals surface area (Å²) in [5.41, 5.74) is -0.583. The van der Waals surface area contributed by atoms with Gasteiger partial charge in [0.05, 0.1) is 18.9 Å². The van der Waals surface area contributed by atoms with Crippen LogP contribution in [0.5, 0.6) is 0 Å². The second-order valence-electron chi connectivity index (χ2n) is 9.11. The number of hydrogen-bond donors (Lipinski definition) is 0. The molecule has 1 aliphatic heterocycles. The molecular formula is C24H32N2O5. The topological polar surface area (TPSA) is 85.3 Å². The maximum absolute atomic E-state index is 13.6. The maximum Gasteiger partial charge on any atom is 0.417 e. The number of benzene rings is 1. The monoisotopic (exact) mass is 428 g/mol. The molecule has 31 heavy (non-hydrogen) atoms. The van der Waals surface area contributed by atoms with Gasteiger partial charge in [-0.15, -0.1) is 0 Å². The molecule has 1 aliphatic rings. The van der Waals surface area contributed by atoms with Crippen LogP contribution in [-0.4, -0.2) is 52.9 Å². The van der Waals surface area contributed by atoms with Crippen molar-refractivity contribution >= 4 is 23.7 Å². The lowest BCUT2D eigenvalue weighted by Crippen LogP contribution is -2.62. The number of carbonyl (C=O) groups excluding carboxylic acids is 3. The molecule has 7 heteroatoms. The molecule has 2 rings (SSSR count). The van der Waals surface area contributed by atoms with Crippen molar-refractivity contribution < 1.29 is 23.9 Å². The molecule has 0 bridgehead atoms. The lowest BCUT2D eigenvalue weighted by molar-refractivity contribution is -0.138. The van der Waals surface area contributed by atoms with E-state index in [1.807, 2.05) is 44.2 Å². The van der Waals surface area contributed by atoms with E-state index in [0.717, 1.165) is 5.56 Å². The molecule has 0 spiro atoms. The molecule has 0 fully saturated rings. The first kappa shape index (κ1) is 24.3. The predicted molar refractivity (Wildman–Crippen MR) is 119 cm³/mol. The minimum Gasteiger partial charge on any atom is -0.466 e. The molecular weight excluding hydrogens is 396 g/mol. The Morgan fingerprint density at radius 3 is 2.35 bits per heavy atom. The number of hydrogen-bond acceptors (Lipinski definition) is 6. The van der Waals surface area contributed by atoms with Crippen LogP contribution in [0.3, 0.4) is 0 Å². The highest BCUT2D eigenvalue weighted by Crippen LogP contribution is 2.33. The number of ether oxygens (including phenoxy) is 2. The largest absolute Gasteiger partial charge is 0.466 e. The zero-order chi connectivity index (χ0) is 23.4. The second-order valence-corrected chi connectivity index (χ2v) is 9.11. The Bertz CT molecular complexity index is 883. The molecule has 0 aliphatic carbocycles. The van der Waals surface area contributed by atoms with Crippen LogP contribution >= 0.6 is 0 Å². The molecule has 1 aromatic carbocycles. The van der Waals surface area contributed by atoms with Crippen LogP contribution in [0, 0.1) is 5.92 Å². The fourth-order valence-corrected chi connectivity index (χ4v) is 3.44. The van der Waals surface area contributed by atoms with Crippen LogP contribution in [0.1, 0.15) is 53.5 Å². The number of rotatable bonds is 5. The first-order valence-corrected chi connectivity index (χ1v) is 10.4. The summed E-state index contributed by atoms with van der Waals surface area (Å²) in [6.07, 6.45) is 2.21. The molecule has 0 saturated heterocycles. The summed E-state index contributed by atoms with van der Waals surface area (Å²) in [5.74, 6) is -1.08. The van der Waals surface area contributed by atoms with E-state index in [1.165, 1.54) is 18.1 Å². The van der Waals surface area contributed by atoms with Crippen LogP contribution in [0.2, 0.25) is 0 Å². The Kier molecular flexibility index (Phi) is 7.41. The molecule has 0 unspecified atom stereocenters. The second kappa shape index (κ2) is 9.45. The van der Waals surface area contributed by atoms with Gasteiger partial charge in [0.1, 0.15) is 11.1 Å². The minimum absolute atomic E-state index is 0.0921. The molecule has 0 N–H and O–H groups in total. The van der Waals surface area contributed by atoms with E-state index in [0.29, 0.717) is 5.71 Å². The summed E-state index contributed by atoms with van der Waals surface area (Å²) in [4.78, 5) is 44.3. The zero-order valence-corrected chi connectivity index (χ0v) is 19.3. The predicted octanol–water partition coefficient (Wildman–Crippen LogP) is 4.16. The van der Waals surface area contributed by atoms with E-state index in [2.05, 4.69) is 4.74 Å². The van der Waals surface area contributed by atoms with Gasteiger partial charge < -0.3 is 9.47 Å². The highest BCUT2D eigenvalue weighted by molar-refractivity contribution is 6.14. The van der Waals surface area contributed by atoms with Crippen LogP contribution in [0.4, 0.5) is 4.79 Å². The van der Waals surface area contributed by atoms with Gasteiger partial charge in [0.2, 0.25) is 0 Å². The van der Waals surface area contributed by atoms with Gasteiger partial charge in [0, 0.05) is 6.08 Å². The number of nitrogens with zero attached hydrogens (tertiary/aromatic N) is 2. The Morgan fingerprint density at radius 2 is 1.84 bits per heavy atom. The van der Waals surface area contributed by atoms with Gasteiger partial charge in [-0.25, -0.2) is 14.5 Å². The number of aliphatic imine (C=N–C) groups is 1. The van der Waals surface area contributed by atoms with E-state index < -0.39 is 35.2 Å². The van der Waals surface area contributed by atoms with E-state index in [9.17, 15) is 14.4 Å². The van der Waals surface area contributed by atoms with Gasteiger partial charge in [0.15, 0.2) is 0 Å². The highest BCUT2D eigenvalue weighted by atomic mass is 16.6. The van der Waals surface area contributed by atoms with Crippen molar-refractivity contribution in [3.05, 3.63) is 48.0 Å². The molecule has 1 heterocycles. The summed E-state index contributed by atoms with van der Waals surface area (Å²) >= 11 is 0. The third-order valence-corrected chi connectivity index (χ3v) is 4.87. The van der Waals surface area contributed by atoms with Crippen molar-refractivity contribution in [2.24, 2.45) is 10.9 Å². The van der Waals surface area contributed by atoms with E-state index in [4.69, 9.17) is 9.73 Å². The summed E-state index contributed by atoms with van der Waals surface area (Å²) in [7, 11) is 1.28. The number of methoxy groups -OCH3 is 1. The van der Waals surface area contributed by atoms with Crippen LogP contribution < -0.4 is 0 Å². The first-order valence-electron chi connectivity index (χ1n) is 10.4. The van der Waals surface area contributed by atoms with E-state index in [1.54, 1.807) is 33.8 Å². The smallest absolute Gasteiger partial charge is 0.417 e. The Morgan fingerprint density at radius 1 is 1.23 bits per heavy atom. The lowest BCUT2D eigenvalue weighted by atomic mass is 9.85. The van der Waals surface area contributed by atoms with Gasteiger partial charge >= 0.3 is 12.1 Å². The number of esters is 1. The van der Waals surface area contributed by atoms with E-state index >= 15 is 0 Å². The fraction of sp³-hybridized carbons (Fsp3) is 0.500. The number of amides is 2. The lowest BCUT2D eigenvalue weighted by Gasteiger charge is -2.43. The Hall–Kier alpha value is -2.96. The summed E-state index contributed by atoms with van der Waals surface area (Å²) in [6.45, 7) is 10.8. The minimum atomic E-state index is -1.28. The molecule has 0 saturated carbocycles. The quantitative estimate of drug-likeness (QED) is 0.519. The van der Waals surface area contributed by atoms with Gasteiger partial charge in [-0.1, -0.05) is 50.3 Å². The molecule has 0 aromatic heterocycles. The van der Waals surface area contributed by atoms with Crippen LogP contribution in [0.15, 0.2) is 47.5 Å².